The molecule has 0 aliphatic heterocycles. The van der Waals surface area contributed by atoms with Crippen LogP contribution in [0.4, 0.5) is 10.7 Å². The molecule has 0 spiro atoms. The zero-order valence-corrected chi connectivity index (χ0v) is 16.9. The monoisotopic (exact) mass is 394 g/mol. The summed E-state index contributed by atoms with van der Waals surface area (Å²) in [6.07, 6.45) is 0. The molecular formula is C17H22N4O5S. The second-order valence-corrected chi connectivity index (χ2v) is 7.32. The summed E-state index contributed by atoms with van der Waals surface area (Å²) in [5, 5.41) is 18.4. The van der Waals surface area contributed by atoms with Crippen LogP contribution in [0.5, 0.6) is 0 Å². The summed E-state index contributed by atoms with van der Waals surface area (Å²) in [6.45, 7) is 10.3. The molecule has 2 heterocycles. The highest BCUT2D eigenvalue weighted by Crippen LogP contribution is 2.34. The van der Waals surface area contributed by atoms with Crippen LogP contribution in [0.3, 0.4) is 0 Å². The van der Waals surface area contributed by atoms with Crippen molar-refractivity contribution in [2.75, 3.05) is 11.9 Å². The maximum atomic E-state index is 12.7. The number of thiophene rings is 1. The molecular weight excluding hydrogens is 372 g/mol. The Hall–Kier alpha value is -2.75. The van der Waals surface area contributed by atoms with Crippen molar-refractivity contribution in [3.63, 3.8) is 0 Å². The Balaban J connectivity index is 2.33. The van der Waals surface area contributed by atoms with Crippen LogP contribution in [0, 0.1) is 37.8 Å². The number of aryl methyl sites for hydroxylation is 2. The third-order valence-corrected chi connectivity index (χ3v) is 5.44. The molecule has 1 amide bonds. The lowest BCUT2D eigenvalue weighted by Crippen LogP contribution is -2.25. The summed E-state index contributed by atoms with van der Waals surface area (Å²) < 4.78 is 6.40. The molecule has 0 aromatic carbocycles. The van der Waals surface area contributed by atoms with Crippen LogP contribution in [0.15, 0.2) is 0 Å². The average molecular weight is 394 g/mol. The molecule has 0 unspecified atom stereocenters. The number of nitrogens with zero attached hydrogens (tertiary/aromatic N) is 3. The summed E-state index contributed by atoms with van der Waals surface area (Å²) in [5.74, 6) is -0.925. The Morgan fingerprint density at radius 2 is 1.96 bits per heavy atom. The molecule has 2 rings (SSSR count). The fourth-order valence-corrected chi connectivity index (χ4v) is 3.84. The predicted molar refractivity (Wildman–Crippen MR) is 101 cm³/mol. The highest BCUT2D eigenvalue weighted by Gasteiger charge is 2.29. The Labute approximate surface area is 160 Å². The number of nitrogens with one attached hydrogen (secondary N) is 1. The van der Waals surface area contributed by atoms with E-state index in [2.05, 4.69) is 10.4 Å². The van der Waals surface area contributed by atoms with Crippen LogP contribution in [0.2, 0.25) is 0 Å². The van der Waals surface area contributed by atoms with Gasteiger partial charge in [-0.25, -0.2) is 4.79 Å². The van der Waals surface area contributed by atoms with Gasteiger partial charge in [-0.1, -0.05) is 0 Å². The molecule has 1 N–H and O–H groups in total. The number of amides is 1. The van der Waals surface area contributed by atoms with Crippen LogP contribution in [-0.2, 0) is 9.53 Å². The van der Waals surface area contributed by atoms with E-state index in [0.29, 0.717) is 16.3 Å². The maximum Gasteiger partial charge on any atom is 0.341 e. The molecule has 0 radical (unpaired) electrons. The molecule has 27 heavy (non-hydrogen) atoms. The van der Waals surface area contributed by atoms with Crippen LogP contribution in [0.1, 0.15) is 52.1 Å². The predicted octanol–water partition coefficient (Wildman–Crippen LogP) is 3.46. The zero-order valence-electron chi connectivity index (χ0n) is 16.1. The first-order chi connectivity index (χ1) is 12.6. The number of ether oxygens (including phenoxy) is 1. The van der Waals surface area contributed by atoms with Gasteiger partial charge in [0, 0.05) is 4.88 Å². The minimum atomic E-state index is -0.796. The quantitative estimate of drug-likeness (QED) is 0.455. The van der Waals surface area contributed by atoms with Crippen molar-refractivity contribution in [2.24, 2.45) is 0 Å². The smallest absolute Gasteiger partial charge is 0.341 e. The fraction of sp³-hybridized carbons (Fsp3) is 0.471. The zero-order chi connectivity index (χ0) is 20.5. The minimum absolute atomic E-state index is 0.107. The molecule has 2 aromatic rings. The number of esters is 1. The number of carbonyl (C=O) groups excluding carboxylic acids is 2. The second kappa shape index (κ2) is 7.87. The van der Waals surface area contributed by atoms with Crippen molar-refractivity contribution in [3.8, 4) is 0 Å². The molecule has 0 aliphatic rings. The van der Waals surface area contributed by atoms with Gasteiger partial charge in [0.2, 0.25) is 5.91 Å². The molecule has 0 bridgehead atoms. The first kappa shape index (κ1) is 20.6. The van der Waals surface area contributed by atoms with Gasteiger partial charge in [0.05, 0.1) is 17.1 Å². The lowest BCUT2D eigenvalue weighted by molar-refractivity contribution is -0.386. The third-order valence-electron chi connectivity index (χ3n) is 4.32. The van der Waals surface area contributed by atoms with Crippen LogP contribution >= 0.6 is 11.3 Å². The van der Waals surface area contributed by atoms with Crippen LogP contribution in [0.25, 0.3) is 0 Å². The molecule has 2 aromatic heterocycles. The summed E-state index contributed by atoms with van der Waals surface area (Å²) in [7, 11) is 0. The first-order valence-corrected chi connectivity index (χ1v) is 9.19. The van der Waals surface area contributed by atoms with Crippen molar-refractivity contribution in [1.29, 1.82) is 0 Å². The molecule has 10 heteroatoms. The second-order valence-electron chi connectivity index (χ2n) is 6.09. The van der Waals surface area contributed by atoms with E-state index in [1.807, 2.05) is 6.92 Å². The number of anilines is 1. The fourth-order valence-electron chi connectivity index (χ4n) is 2.79. The Kier molecular flexibility index (Phi) is 5.99. The first-order valence-electron chi connectivity index (χ1n) is 8.38. The maximum absolute atomic E-state index is 12.7. The van der Waals surface area contributed by atoms with E-state index < -0.39 is 22.8 Å². The van der Waals surface area contributed by atoms with E-state index in [9.17, 15) is 19.7 Å². The Bertz CT molecular complexity index is 915. The van der Waals surface area contributed by atoms with Gasteiger partial charge in [-0.3, -0.25) is 19.6 Å². The number of rotatable bonds is 6. The van der Waals surface area contributed by atoms with Crippen LogP contribution in [-0.4, -0.2) is 33.2 Å². The number of hydrogen-bond donors (Lipinski definition) is 1. The van der Waals surface area contributed by atoms with E-state index in [4.69, 9.17) is 4.74 Å². The number of aromatic nitrogens is 2. The highest BCUT2D eigenvalue weighted by atomic mass is 32.1. The largest absolute Gasteiger partial charge is 0.462 e. The molecule has 9 nitrogen and oxygen atoms in total. The van der Waals surface area contributed by atoms with Gasteiger partial charge in [-0.05, 0) is 47.1 Å². The lowest BCUT2D eigenvalue weighted by Gasteiger charge is -2.14. The van der Waals surface area contributed by atoms with Crippen molar-refractivity contribution in [2.45, 2.75) is 47.6 Å². The topological polar surface area (TPSA) is 116 Å². The summed E-state index contributed by atoms with van der Waals surface area (Å²) in [5.41, 5.74) is 1.52. The van der Waals surface area contributed by atoms with E-state index in [1.165, 1.54) is 22.9 Å². The van der Waals surface area contributed by atoms with E-state index in [1.54, 1.807) is 27.7 Å². The van der Waals surface area contributed by atoms with Crippen molar-refractivity contribution in [1.82, 2.24) is 9.78 Å². The number of nitro groups is 1. The average Bonchev–Trinajstić information content (AvgIpc) is 3.02. The molecule has 0 fully saturated rings. The normalized spacial score (nSPS) is 11.9. The SMILES string of the molecule is CCOC(=O)c1c(NC(=O)[C@@H](C)n2nc(C)c([N+](=O)[O-])c2C)sc(C)c1C. The Morgan fingerprint density at radius 3 is 2.48 bits per heavy atom. The third kappa shape index (κ3) is 3.85. The van der Waals surface area contributed by atoms with Gasteiger partial charge in [0.15, 0.2) is 0 Å². The van der Waals surface area contributed by atoms with Gasteiger partial charge in [-0.2, -0.15) is 5.10 Å². The molecule has 0 saturated heterocycles. The molecule has 146 valence electrons. The van der Waals surface area contributed by atoms with E-state index in [0.717, 1.165) is 10.4 Å². The minimum Gasteiger partial charge on any atom is -0.462 e. The summed E-state index contributed by atoms with van der Waals surface area (Å²) in [4.78, 5) is 36.5. The summed E-state index contributed by atoms with van der Waals surface area (Å²) >= 11 is 1.28. The molecule has 0 saturated carbocycles. The standard InChI is InChI=1S/C17H22N4O5S/c1-7-26-17(23)13-8(2)12(6)27-16(13)18-15(22)11(5)20-10(4)14(21(24)25)9(3)19-20/h11H,7H2,1-6H3,(H,18,22)/t11-/m1/s1. The van der Waals surface area contributed by atoms with E-state index in [-0.39, 0.29) is 18.0 Å². The Morgan fingerprint density at radius 1 is 1.33 bits per heavy atom. The van der Waals surface area contributed by atoms with Crippen molar-refractivity contribution in [3.05, 3.63) is 37.5 Å². The number of carbonyl (C=O) groups is 2. The van der Waals surface area contributed by atoms with Gasteiger partial charge in [0.25, 0.3) is 0 Å². The summed E-state index contributed by atoms with van der Waals surface area (Å²) in [6, 6.07) is -0.796. The van der Waals surface area contributed by atoms with Crippen molar-refractivity contribution < 1.29 is 19.2 Å². The highest BCUT2D eigenvalue weighted by molar-refractivity contribution is 7.16. The van der Waals surface area contributed by atoms with Gasteiger partial charge < -0.3 is 10.1 Å². The van der Waals surface area contributed by atoms with Crippen molar-refractivity contribution >= 4 is 33.9 Å². The van der Waals surface area contributed by atoms with E-state index >= 15 is 0 Å². The number of hydrogen-bond acceptors (Lipinski definition) is 7. The lowest BCUT2D eigenvalue weighted by atomic mass is 10.1. The molecule has 0 aliphatic carbocycles. The van der Waals surface area contributed by atoms with Gasteiger partial charge in [0.1, 0.15) is 22.4 Å². The van der Waals surface area contributed by atoms with Gasteiger partial charge >= 0.3 is 11.7 Å². The van der Waals surface area contributed by atoms with Gasteiger partial charge in [-0.15, -0.1) is 11.3 Å². The molecule has 1 atom stereocenters. The van der Waals surface area contributed by atoms with Crippen LogP contribution < -0.4 is 5.32 Å².